The maximum absolute atomic E-state index is 5.11. The van der Waals surface area contributed by atoms with Crippen molar-refractivity contribution in [2.75, 3.05) is 36.0 Å². The van der Waals surface area contributed by atoms with E-state index in [1.165, 1.54) is 47.5 Å². The first kappa shape index (κ1) is 15.9. The molecule has 5 heteroatoms. The summed E-state index contributed by atoms with van der Waals surface area (Å²) >= 11 is 0. The molecule has 0 spiro atoms. The predicted octanol–water partition coefficient (Wildman–Crippen LogP) is 3.88. The van der Waals surface area contributed by atoms with Gasteiger partial charge in [-0.25, -0.2) is 0 Å². The van der Waals surface area contributed by atoms with Gasteiger partial charge in [-0.05, 0) is 49.8 Å². The van der Waals surface area contributed by atoms with Crippen LogP contribution in [0.15, 0.2) is 18.2 Å². The summed E-state index contributed by atoms with van der Waals surface area (Å²) in [6, 6.07) is 6.83. The van der Waals surface area contributed by atoms with Crippen molar-refractivity contribution in [3.8, 4) is 0 Å². The lowest BCUT2D eigenvalue weighted by molar-refractivity contribution is 0.873. The Morgan fingerprint density at radius 3 is 2.31 bits per heavy atom. The zero-order valence-electron chi connectivity index (χ0n) is 15.8. The second-order valence-corrected chi connectivity index (χ2v) is 7.70. The molecule has 4 heterocycles. The maximum atomic E-state index is 5.11. The first-order valence-electron chi connectivity index (χ1n) is 10.0. The van der Waals surface area contributed by atoms with Gasteiger partial charge >= 0.3 is 0 Å². The molecule has 136 valence electrons. The standard InChI is InChI=1S/C21H27N5/c1-3-15-8-9-17-16(14-15)18-19(24(17)2)22-21(26-12-6-7-13-26)23-20(18)25-10-4-5-11-25/h8-9,14H,3-7,10-13H2,1-2H3. The molecular weight excluding hydrogens is 322 g/mol. The van der Waals surface area contributed by atoms with Crippen molar-refractivity contribution >= 4 is 33.7 Å². The number of hydrogen-bond donors (Lipinski definition) is 0. The van der Waals surface area contributed by atoms with Crippen LogP contribution in [0.3, 0.4) is 0 Å². The molecule has 3 aromatic rings. The molecule has 2 aromatic heterocycles. The Morgan fingerprint density at radius 1 is 0.923 bits per heavy atom. The summed E-state index contributed by atoms with van der Waals surface area (Å²) in [5.74, 6) is 2.06. The molecule has 2 fully saturated rings. The van der Waals surface area contributed by atoms with Crippen LogP contribution in [0.1, 0.15) is 38.2 Å². The van der Waals surface area contributed by atoms with Crippen molar-refractivity contribution in [1.82, 2.24) is 14.5 Å². The highest BCUT2D eigenvalue weighted by molar-refractivity contribution is 6.12. The van der Waals surface area contributed by atoms with Crippen molar-refractivity contribution < 1.29 is 0 Å². The van der Waals surface area contributed by atoms with Gasteiger partial charge < -0.3 is 14.4 Å². The van der Waals surface area contributed by atoms with Gasteiger partial charge in [-0.2, -0.15) is 9.97 Å². The van der Waals surface area contributed by atoms with Crippen LogP contribution in [0.5, 0.6) is 0 Å². The van der Waals surface area contributed by atoms with Crippen LogP contribution >= 0.6 is 0 Å². The molecule has 2 saturated heterocycles. The summed E-state index contributed by atoms with van der Waals surface area (Å²) < 4.78 is 2.25. The van der Waals surface area contributed by atoms with Crippen LogP contribution in [0.2, 0.25) is 0 Å². The van der Waals surface area contributed by atoms with E-state index in [9.17, 15) is 0 Å². The lowest BCUT2D eigenvalue weighted by Gasteiger charge is -2.21. The van der Waals surface area contributed by atoms with E-state index in [-0.39, 0.29) is 0 Å². The summed E-state index contributed by atoms with van der Waals surface area (Å²) in [7, 11) is 2.14. The van der Waals surface area contributed by atoms with E-state index >= 15 is 0 Å². The fraction of sp³-hybridized carbons (Fsp3) is 0.524. The summed E-state index contributed by atoms with van der Waals surface area (Å²) in [6.45, 7) is 6.59. The number of benzene rings is 1. The van der Waals surface area contributed by atoms with E-state index in [0.29, 0.717) is 0 Å². The van der Waals surface area contributed by atoms with Crippen molar-refractivity contribution in [3.05, 3.63) is 23.8 Å². The van der Waals surface area contributed by atoms with E-state index in [0.717, 1.165) is 50.0 Å². The molecule has 5 rings (SSSR count). The Bertz CT molecular complexity index is 962. The average Bonchev–Trinajstić information content (AvgIpc) is 3.43. The van der Waals surface area contributed by atoms with Crippen molar-refractivity contribution in [3.63, 3.8) is 0 Å². The van der Waals surface area contributed by atoms with Crippen molar-refractivity contribution in [2.45, 2.75) is 39.0 Å². The Labute approximate surface area is 154 Å². The maximum Gasteiger partial charge on any atom is 0.229 e. The third kappa shape index (κ3) is 2.37. The Morgan fingerprint density at radius 2 is 1.62 bits per heavy atom. The third-order valence-electron chi connectivity index (χ3n) is 6.07. The predicted molar refractivity (Wildman–Crippen MR) is 108 cm³/mol. The summed E-state index contributed by atoms with van der Waals surface area (Å²) in [6.07, 6.45) is 6.06. The summed E-state index contributed by atoms with van der Waals surface area (Å²) in [4.78, 5) is 15.0. The molecule has 2 aliphatic heterocycles. The van der Waals surface area contributed by atoms with Crippen molar-refractivity contribution in [1.29, 1.82) is 0 Å². The van der Waals surface area contributed by atoms with E-state index in [4.69, 9.17) is 9.97 Å². The molecule has 5 nitrogen and oxygen atoms in total. The first-order chi connectivity index (χ1) is 12.8. The van der Waals surface area contributed by atoms with Crippen LogP contribution in [0.4, 0.5) is 11.8 Å². The van der Waals surface area contributed by atoms with Crippen LogP contribution in [-0.4, -0.2) is 40.7 Å². The number of aryl methyl sites for hydroxylation is 2. The molecule has 26 heavy (non-hydrogen) atoms. The van der Waals surface area contributed by atoms with Crippen LogP contribution in [0, 0.1) is 0 Å². The highest BCUT2D eigenvalue weighted by Crippen LogP contribution is 2.37. The minimum Gasteiger partial charge on any atom is -0.356 e. The average molecular weight is 349 g/mol. The van der Waals surface area contributed by atoms with Gasteiger partial charge in [0.25, 0.3) is 0 Å². The lowest BCUT2D eigenvalue weighted by Crippen LogP contribution is -2.24. The number of hydrogen-bond acceptors (Lipinski definition) is 4. The van der Waals surface area contributed by atoms with Gasteiger partial charge in [0.2, 0.25) is 5.95 Å². The fourth-order valence-electron chi connectivity index (χ4n) is 4.54. The smallest absolute Gasteiger partial charge is 0.229 e. The van der Waals surface area contributed by atoms with Gasteiger partial charge in [0, 0.05) is 38.6 Å². The molecule has 0 N–H and O–H groups in total. The molecule has 0 amide bonds. The molecular formula is C21H27N5. The van der Waals surface area contributed by atoms with Gasteiger partial charge in [0.1, 0.15) is 11.5 Å². The van der Waals surface area contributed by atoms with Gasteiger partial charge in [-0.3, -0.25) is 0 Å². The molecule has 0 aliphatic carbocycles. The highest BCUT2D eigenvalue weighted by atomic mass is 15.3. The van der Waals surface area contributed by atoms with Gasteiger partial charge in [-0.1, -0.05) is 13.0 Å². The number of anilines is 2. The largest absolute Gasteiger partial charge is 0.356 e. The molecule has 0 unspecified atom stereocenters. The van der Waals surface area contributed by atoms with E-state index < -0.39 is 0 Å². The monoisotopic (exact) mass is 349 g/mol. The molecule has 0 atom stereocenters. The lowest BCUT2D eigenvalue weighted by atomic mass is 10.1. The first-order valence-corrected chi connectivity index (χ1v) is 10.0. The molecule has 0 bridgehead atoms. The summed E-state index contributed by atoms with van der Waals surface area (Å²) in [5, 5.41) is 2.54. The van der Waals surface area contributed by atoms with Crippen LogP contribution < -0.4 is 9.80 Å². The number of fused-ring (bicyclic) bond motifs is 3. The van der Waals surface area contributed by atoms with Crippen LogP contribution in [0.25, 0.3) is 21.9 Å². The number of aromatic nitrogens is 3. The number of nitrogens with zero attached hydrogens (tertiary/aromatic N) is 5. The van der Waals surface area contributed by atoms with E-state index in [1.54, 1.807) is 0 Å². The number of rotatable bonds is 3. The molecule has 0 radical (unpaired) electrons. The Hall–Kier alpha value is -2.30. The molecule has 1 aromatic carbocycles. The second-order valence-electron chi connectivity index (χ2n) is 7.70. The Kier molecular flexibility index (Phi) is 3.76. The third-order valence-corrected chi connectivity index (χ3v) is 6.07. The minimum absolute atomic E-state index is 0.915. The normalized spacial score (nSPS) is 17.9. The SMILES string of the molecule is CCc1ccc2c(c1)c1c(N3CCCC3)nc(N3CCCC3)nc1n2C. The topological polar surface area (TPSA) is 37.2 Å². The minimum atomic E-state index is 0.915. The quantitative estimate of drug-likeness (QED) is 0.719. The Balaban J connectivity index is 1.81. The van der Waals surface area contributed by atoms with Crippen LogP contribution in [-0.2, 0) is 13.5 Å². The molecule has 2 aliphatic rings. The zero-order valence-corrected chi connectivity index (χ0v) is 15.8. The van der Waals surface area contributed by atoms with Gasteiger partial charge in [0.15, 0.2) is 0 Å². The highest BCUT2D eigenvalue weighted by Gasteiger charge is 2.25. The van der Waals surface area contributed by atoms with E-state index in [2.05, 4.69) is 46.5 Å². The molecule has 0 saturated carbocycles. The van der Waals surface area contributed by atoms with Gasteiger partial charge in [-0.15, -0.1) is 0 Å². The van der Waals surface area contributed by atoms with E-state index in [1.807, 2.05) is 0 Å². The second kappa shape index (κ2) is 6.15. The van der Waals surface area contributed by atoms with Crippen molar-refractivity contribution in [2.24, 2.45) is 7.05 Å². The zero-order chi connectivity index (χ0) is 17.7. The fourth-order valence-corrected chi connectivity index (χ4v) is 4.54. The van der Waals surface area contributed by atoms with Gasteiger partial charge in [0.05, 0.1) is 10.9 Å². The summed E-state index contributed by atoms with van der Waals surface area (Å²) in [5.41, 5.74) is 3.71.